The lowest BCUT2D eigenvalue weighted by molar-refractivity contribution is -0.120. The molecule has 1 heterocycles. The second kappa shape index (κ2) is 6.91. The molecule has 2 saturated carbocycles. The minimum Gasteiger partial charge on any atom is -0.299 e. The van der Waals surface area contributed by atoms with E-state index in [4.69, 9.17) is 0 Å². The van der Waals surface area contributed by atoms with E-state index in [1.54, 1.807) is 12.3 Å². The normalized spacial score (nSPS) is 26.1. The molecule has 25 heavy (non-hydrogen) atoms. The summed E-state index contributed by atoms with van der Waals surface area (Å²) in [4.78, 5) is 16.8. The first kappa shape index (κ1) is 16.2. The Morgan fingerprint density at radius 3 is 2.76 bits per heavy atom. The highest BCUT2D eigenvalue weighted by atomic mass is 19.1. The smallest absolute Gasteiger partial charge is 0.140 e. The van der Waals surface area contributed by atoms with Crippen molar-refractivity contribution in [2.24, 2.45) is 17.8 Å². The topological polar surface area (TPSA) is 30.0 Å². The van der Waals surface area contributed by atoms with Gasteiger partial charge >= 0.3 is 0 Å². The standard InChI is InChI=1S/C22H22FNO/c23-18-6-3-5-15(12-18)17-8-9-19(24-14-17)10-11-21-20-7-2-1-4-16(20)13-22(21)25/h3,5-6,8-12,14,16,20-21H,1-2,4,7,13H2/t16-,20-,21+/m1/s1. The number of aromatic nitrogens is 1. The van der Waals surface area contributed by atoms with Gasteiger partial charge in [0.1, 0.15) is 11.6 Å². The molecule has 0 saturated heterocycles. The van der Waals surface area contributed by atoms with Crippen molar-refractivity contribution in [3.63, 3.8) is 0 Å². The van der Waals surface area contributed by atoms with Crippen LogP contribution in [0.3, 0.4) is 0 Å². The molecule has 2 aliphatic carbocycles. The molecule has 0 radical (unpaired) electrons. The van der Waals surface area contributed by atoms with E-state index < -0.39 is 0 Å². The van der Waals surface area contributed by atoms with Crippen LogP contribution in [0.2, 0.25) is 0 Å². The number of carbonyl (C=O) groups excluding carboxylic acids is 1. The average molecular weight is 335 g/mol. The summed E-state index contributed by atoms with van der Waals surface area (Å²) in [5, 5.41) is 0. The minimum atomic E-state index is -0.247. The number of rotatable bonds is 3. The van der Waals surface area contributed by atoms with Crippen LogP contribution >= 0.6 is 0 Å². The third-order valence-electron chi connectivity index (χ3n) is 5.68. The Balaban J connectivity index is 1.49. The van der Waals surface area contributed by atoms with Crippen LogP contribution in [0, 0.1) is 23.6 Å². The number of hydrogen-bond donors (Lipinski definition) is 0. The average Bonchev–Trinajstić information content (AvgIpc) is 2.95. The lowest BCUT2D eigenvalue weighted by atomic mass is 9.78. The molecule has 0 N–H and O–H groups in total. The van der Waals surface area contributed by atoms with E-state index in [-0.39, 0.29) is 11.7 Å². The molecule has 1 aromatic heterocycles. The minimum absolute atomic E-state index is 0.0648. The van der Waals surface area contributed by atoms with E-state index in [1.807, 2.05) is 24.3 Å². The molecule has 2 fully saturated rings. The lowest BCUT2D eigenvalue weighted by Crippen LogP contribution is -2.19. The molecule has 3 heteroatoms. The first-order valence-corrected chi connectivity index (χ1v) is 9.13. The summed E-state index contributed by atoms with van der Waals surface area (Å²) < 4.78 is 13.3. The summed E-state index contributed by atoms with van der Waals surface area (Å²) in [6.45, 7) is 0. The van der Waals surface area contributed by atoms with Crippen LogP contribution in [-0.4, -0.2) is 10.8 Å². The molecule has 1 aromatic carbocycles. The Kier molecular flexibility index (Phi) is 4.48. The largest absolute Gasteiger partial charge is 0.299 e. The fraction of sp³-hybridized carbons (Fsp3) is 0.364. The molecule has 128 valence electrons. The van der Waals surface area contributed by atoms with Gasteiger partial charge in [-0.2, -0.15) is 0 Å². The molecule has 3 atom stereocenters. The molecule has 0 bridgehead atoms. The number of ketones is 1. The van der Waals surface area contributed by atoms with E-state index >= 15 is 0 Å². The molecule has 0 spiro atoms. The number of allylic oxidation sites excluding steroid dienone is 1. The Morgan fingerprint density at radius 2 is 1.96 bits per heavy atom. The predicted octanol–water partition coefficient (Wildman–Crippen LogP) is 5.30. The van der Waals surface area contributed by atoms with Crippen LogP contribution in [-0.2, 0) is 4.79 Å². The van der Waals surface area contributed by atoms with Gasteiger partial charge in [-0.3, -0.25) is 9.78 Å². The number of nitrogens with zero attached hydrogens (tertiary/aromatic N) is 1. The first-order chi connectivity index (χ1) is 12.2. The van der Waals surface area contributed by atoms with Crippen LogP contribution in [0.4, 0.5) is 4.39 Å². The molecule has 2 nitrogen and oxygen atoms in total. The van der Waals surface area contributed by atoms with Crippen LogP contribution in [0.5, 0.6) is 0 Å². The molecule has 2 aliphatic rings. The van der Waals surface area contributed by atoms with Gasteiger partial charge in [0.15, 0.2) is 0 Å². The highest BCUT2D eigenvalue weighted by Crippen LogP contribution is 2.44. The van der Waals surface area contributed by atoms with Crippen molar-refractivity contribution in [1.82, 2.24) is 4.98 Å². The van der Waals surface area contributed by atoms with E-state index in [2.05, 4.69) is 11.1 Å². The lowest BCUT2D eigenvalue weighted by Gasteiger charge is -2.26. The van der Waals surface area contributed by atoms with Gasteiger partial charge in [0.2, 0.25) is 0 Å². The van der Waals surface area contributed by atoms with Gasteiger partial charge in [-0.05, 0) is 54.5 Å². The van der Waals surface area contributed by atoms with E-state index in [0.29, 0.717) is 17.6 Å². The maximum Gasteiger partial charge on any atom is 0.140 e. The molecular formula is C22H22FNO. The van der Waals surface area contributed by atoms with Crippen molar-refractivity contribution in [2.45, 2.75) is 32.1 Å². The summed E-state index contributed by atoms with van der Waals surface area (Å²) in [5.74, 6) is 1.34. The van der Waals surface area contributed by atoms with E-state index in [0.717, 1.165) is 23.2 Å². The molecule has 4 rings (SSSR count). The highest BCUT2D eigenvalue weighted by molar-refractivity contribution is 5.86. The Bertz CT molecular complexity index is 796. The number of hydrogen-bond acceptors (Lipinski definition) is 2. The van der Waals surface area contributed by atoms with Gasteiger partial charge in [-0.1, -0.05) is 37.1 Å². The number of halogens is 1. The van der Waals surface area contributed by atoms with Crippen molar-refractivity contribution in [2.75, 3.05) is 0 Å². The molecule has 0 amide bonds. The summed E-state index contributed by atoms with van der Waals surface area (Å²) in [5.41, 5.74) is 2.55. The number of fused-ring (bicyclic) bond motifs is 1. The third kappa shape index (κ3) is 3.41. The SMILES string of the molecule is O=C1C[C@H]2CCCC[C@H]2[C@@H]1C=Cc1ccc(-c2cccc(F)c2)cn1. The molecular weight excluding hydrogens is 313 g/mol. The van der Waals surface area contributed by atoms with Crippen molar-refractivity contribution in [3.05, 3.63) is 60.2 Å². The summed E-state index contributed by atoms with van der Waals surface area (Å²) in [7, 11) is 0. The van der Waals surface area contributed by atoms with E-state index in [1.165, 1.54) is 37.8 Å². The second-order valence-electron chi connectivity index (χ2n) is 7.25. The number of carbonyl (C=O) groups is 1. The van der Waals surface area contributed by atoms with Crippen molar-refractivity contribution in [1.29, 1.82) is 0 Å². The van der Waals surface area contributed by atoms with Gasteiger partial charge in [0.05, 0.1) is 5.69 Å². The number of pyridine rings is 1. The fourth-order valence-electron chi connectivity index (χ4n) is 4.39. The van der Waals surface area contributed by atoms with Gasteiger partial charge in [0.25, 0.3) is 0 Å². The monoisotopic (exact) mass is 335 g/mol. The number of benzene rings is 1. The van der Waals surface area contributed by atoms with Crippen molar-refractivity contribution >= 4 is 11.9 Å². The van der Waals surface area contributed by atoms with Crippen molar-refractivity contribution < 1.29 is 9.18 Å². The van der Waals surface area contributed by atoms with Crippen LogP contribution in [0.25, 0.3) is 17.2 Å². The molecule has 2 aromatic rings. The highest BCUT2D eigenvalue weighted by Gasteiger charge is 2.41. The Morgan fingerprint density at radius 1 is 1.08 bits per heavy atom. The van der Waals surface area contributed by atoms with Crippen LogP contribution in [0.15, 0.2) is 48.7 Å². The Labute approximate surface area is 147 Å². The third-order valence-corrected chi connectivity index (χ3v) is 5.68. The van der Waals surface area contributed by atoms with Gasteiger partial charge in [-0.15, -0.1) is 0 Å². The summed E-state index contributed by atoms with van der Waals surface area (Å²) >= 11 is 0. The zero-order chi connectivity index (χ0) is 17.2. The quantitative estimate of drug-likeness (QED) is 0.762. The number of Topliss-reactive ketones (excluding diaryl/α,β-unsaturated/α-hetero) is 1. The van der Waals surface area contributed by atoms with Crippen molar-refractivity contribution in [3.8, 4) is 11.1 Å². The predicted molar refractivity (Wildman–Crippen MR) is 97.2 cm³/mol. The maximum atomic E-state index is 13.3. The molecule has 0 unspecified atom stereocenters. The van der Waals surface area contributed by atoms with Gasteiger partial charge in [0, 0.05) is 24.1 Å². The Hall–Kier alpha value is -2.29. The molecule has 0 aliphatic heterocycles. The van der Waals surface area contributed by atoms with Gasteiger partial charge in [-0.25, -0.2) is 4.39 Å². The van der Waals surface area contributed by atoms with Gasteiger partial charge < -0.3 is 0 Å². The van der Waals surface area contributed by atoms with Crippen LogP contribution < -0.4 is 0 Å². The summed E-state index contributed by atoms with van der Waals surface area (Å²) in [6, 6.07) is 10.4. The maximum absolute atomic E-state index is 13.3. The van der Waals surface area contributed by atoms with Crippen LogP contribution in [0.1, 0.15) is 37.8 Å². The summed E-state index contributed by atoms with van der Waals surface area (Å²) in [6.07, 6.45) is 11.4. The second-order valence-corrected chi connectivity index (χ2v) is 7.25. The zero-order valence-corrected chi connectivity index (χ0v) is 14.2. The fourth-order valence-corrected chi connectivity index (χ4v) is 4.39. The first-order valence-electron chi connectivity index (χ1n) is 9.13. The zero-order valence-electron chi connectivity index (χ0n) is 14.2. The van der Waals surface area contributed by atoms with E-state index in [9.17, 15) is 9.18 Å².